The zero-order valence-electron chi connectivity index (χ0n) is 11.7. The van der Waals surface area contributed by atoms with Gasteiger partial charge in [-0.15, -0.1) is 0 Å². The fraction of sp³-hybridized carbons (Fsp3) is 0.700. The summed E-state index contributed by atoms with van der Waals surface area (Å²) in [7, 11) is 0.907. The number of rotatable bonds is 5. The summed E-state index contributed by atoms with van der Waals surface area (Å²) in [5.41, 5.74) is 5.08. The first-order valence-corrected chi connectivity index (χ1v) is 7.79. The zero-order valence-corrected chi connectivity index (χ0v) is 13.3. The van der Waals surface area contributed by atoms with Gasteiger partial charge in [0.25, 0.3) is 0 Å². The smallest absolute Gasteiger partial charge is 0.249 e. The van der Waals surface area contributed by atoms with E-state index in [0.717, 1.165) is 15.8 Å². The van der Waals surface area contributed by atoms with Crippen LogP contribution < -0.4 is 10.6 Å². The van der Waals surface area contributed by atoms with Gasteiger partial charge in [0.2, 0.25) is 10.0 Å². The molecule has 0 bridgehead atoms. The molecule has 0 fully saturated rings. The molecule has 0 unspecified atom stereocenters. The van der Waals surface area contributed by atoms with Crippen molar-refractivity contribution in [2.24, 2.45) is 0 Å². The fourth-order valence-corrected chi connectivity index (χ4v) is 3.66. The van der Waals surface area contributed by atoms with E-state index < -0.39 is 15.6 Å². The van der Waals surface area contributed by atoms with E-state index in [-0.39, 0.29) is 17.3 Å². The van der Waals surface area contributed by atoms with Crippen LogP contribution in [0, 0.1) is 0 Å². The minimum Gasteiger partial charge on any atom is -0.394 e. The Kier molecular flexibility index (Phi) is 4.45. The summed E-state index contributed by atoms with van der Waals surface area (Å²) < 4.78 is 29.6. The van der Waals surface area contributed by atoms with Gasteiger partial charge in [0.15, 0.2) is 10.7 Å². The summed E-state index contributed by atoms with van der Waals surface area (Å²) in [5.74, 6) is -0.0192. The monoisotopic (exact) mass is 308 g/mol. The highest BCUT2D eigenvalue weighted by Gasteiger charge is 2.33. The van der Waals surface area contributed by atoms with E-state index in [4.69, 9.17) is 5.73 Å². The lowest BCUT2D eigenvalue weighted by Crippen LogP contribution is -2.44. The van der Waals surface area contributed by atoms with Crippen LogP contribution in [-0.2, 0) is 10.0 Å². The van der Waals surface area contributed by atoms with Crippen LogP contribution in [0.5, 0.6) is 0 Å². The first-order valence-electron chi connectivity index (χ1n) is 5.58. The van der Waals surface area contributed by atoms with Gasteiger partial charge in [-0.05, 0) is 25.4 Å². The second kappa shape index (κ2) is 5.23. The van der Waals surface area contributed by atoms with Crippen molar-refractivity contribution in [1.82, 2.24) is 8.68 Å². The summed E-state index contributed by atoms with van der Waals surface area (Å²) in [5, 5.41) is 9.81. The minimum atomic E-state index is -3.68. The normalized spacial score (nSPS) is 13.0. The highest BCUT2D eigenvalue weighted by Crippen LogP contribution is 2.37. The Morgan fingerprint density at radius 2 is 1.89 bits per heavy atom. The van der Waals surface area contributed by atoms with Gasteiger partial charge in [-0.2, -0.15) is 4.37 Å². The molecule has 3 N–H and O–H groups in total. The molecule has 0 aromatic carbocycles. The SMILES string of the molecule is CN(c1snc(N)c1S(=O)(=O)N(C)C)C(C)(C)CO. The number of nitrogen functional groups attached to an aromatic ring is 1. The van der Waals surface area contributed by atoms with E-state index in [1.54, 1.807) is 25.8 Å². The van der Waals surface area contributed by atoms with Crippen LogP contribution in [0.4, 0.5) is 10.8 Å². The number of hydrogen-bond donors (Lipinski definition) is 2. The molecule has 19 heavy (non-hydrogen) atoms. The minimum absolute atomic E-state index is 0.00785. The molecule has 1 heterocycles. The van der Waals surface area contributed by atoms with Crippen LogP contribution in [-0.4, -0.2) is 55.5 Å². The second-order valence-electron chi connectivity index (χ2n) is 5.02. The molecule has 0 saturated carbocycles. The van der Waals surface area contributed by atoms with Gasteiger partial charge in [0, 0.05) is 21.1 Å². The van der Waals surface area contributed by atoms with Gasteiger partial charge in [-0.3, -0.25) is 0 Å². The number of likely N-dealkylation sites (N-methyl/N-ethyl adjacent to an activating group) is 1. The predicted molar refractivity (Wildman–Crippen MR) is 77.0 cm³/mol. The third-order valence-corrected chi connectivity index (χ3v) is 5.94. The van der Waals surface area contributed by atoms with E-state index in [0.29, 0.717) is 5.00 Å². The number of aromatic nitrogens is 1. The van der Waals surface area contributed by atoms with E-state index in [2.05, 4.69) is 4.37 Å². The van der Waals surface area contributed by atoms with Crippen molar-refractivity contribution in [3.8, 4) is 0 Å². The summed E-state index contributed by atoms with van der Waals surface area (Å²) in [6.45, 7) is 3.48. The highest BCUT2D eigenvalue weighted by atomic mass is 32.2. The van der Waals surface area contributed by atoms with Crippen LogP contribution in [0.25, 0.3) is 0 Å². The quantitative estimate of drug-likeness (QED) is 0.805. The molecular formula is C10H20N4O3S2. The molecule has 110 valence electrons. The van der Waals surface area contributed by atoms with E-state index in [1.807, 2.05) is 0 Å². The molecule has 1 aromatic heterocycles. The van der Waals surface area contributed by atoms with Crippen molar-refractivity contribution in [1.29, 1.82) is 0 Å². The standard InChI is InChI=1S/C10H20N4O3S2/c1-10(2,6-15)14(5)9-7(8(11)12-18-9)19(16,17)13(3)4/h15H,6H2,1-5H3,(H2,11,12). The number of sulfonamides is 1. The number of anilines is 2. The van der Waals surface area contributed by atoms with Crippen LogP contribution in [0.2, 0.25) is 0 Å². The number of hydrogen-bond acceptors (Lipinski definition) is 7. The van der Waals surface area contributed by atoms with Gasteiger partial charge < -0.3 is 15.7 Å². The third-order valence-electron chi connectivity index (χ3n) is 3.00. The number of aliphatic hydroxyl groups is 1. The van der Waals surface area contributed by atoms with Crippen LogP contribution in [0.1, 0.15) is 13.8 Å². The molecule has 0 amide bonds. The lowest BCUT2D eigenvalue weighted by Gasteiger charge is -2.35. The van der Waals surface area contributed by atoms with Gasteiger partial charge in [0.05, 0.1) is 12.1 Å². The van der Waals surface area contributed by atoms with Crippen molar-refractivity contribution >= 4 is 32.4 Å². The maximum atomic E-state index is 12.3. The van der Waals surface area contributed by atoms with Crippen LogP contribution >= 0.6 is 11.5 Å². The average molecular weight is 308 g/mol. The first kappa shape index (κ1) is 16.2. The maximum Gasteiger partial charge on any atom is 0.249 e. The Morgan fingerprint density at radius 3 is 2.32 bits per heavy atom. The van der Waals surface area contributed by atoms with E-state index in [9.17, 15) is 13.5 Å². The van der Waals surface area contributed by atoms with Crippen molar-refractivity contribution in [2.75, 3.05) is 38.4 Å². The molecule has 0 spiro atoms. The number of aliphatic hydroxyl groups excluding tert-OH is 1. The Hall–Kier alpha value is -0.900. The molecule has 9 heteroatoms. The van der Waals surface area contributed by atoms with Crippen molar-refractivity contribution in [3.63, 3.8) is 0 Å². The topological polar surface area (TPSA) is 99.8 Å². The molecule has 0 aliphatic heterocycles. The third kappa shape index (κ3) is 2.83. The molecule has 7 nitrogen and oxygen atoms in total. The zero-order chi connectivity index (χ0) is 15.0. The Labute approximate surface area is 117 Å². The van der Waals surface area contributed by atoms with E-state index >= 15 is 0 Å². The van der Waals surface area contributed by atoms with Crippen molar-refractivity contribution in [2.45, 2.75) is 24.3 Å². The molecular weight excluding hydrogens is 288 g/mol. The highest BCUT2D eigenvalue weighted by molar-refractivity contribution is 7.89. The summed E-state index contributed by atoms with van der Waals surface area (Å²) in [6, 6.07) is 0. The second-order valence-corrected chi connectivity index (χ2v) is 7.86. The summed E-state index contributed by atoms with van der Waals surface area (Å²) in [6.07, 6.45) is 0. The summed E-state index contributed by atoms with van der Waals surface area (Å²) >= 11 is 1.00. The van der Waals surface area contributed by atoms with Gasteiger partial charge in [-0.1, -0.05) is 0 Å². The molecule has 0 aliphatic carbocycles. The van der Waals surface area contributed by atoms with Crippen LogP contribution in [0.15, 0.2) is 4.90 Å². The Balaban J connectivity index is 3.43. The lowest BCUT2D eigenvalue weighted by atomic mass is 10.1. The molecule has 0 atom stereocenters. The van der Waals surface area contributed by atoms with Gasteiger partial charge >= 0.3 is 0 Å². The average Bonchev–Trinajstić information content (AvgIpc) is 2.70. The predicted octanol–water partition coefficient (Wildman–Crippen LogP) is 0.183. The fourth-order valence-electron chi connectivity index (χ4n) is 1.30. The number of nitrogens with zero attached hydrogens (tertiary/aromatic N) is 3. The largest absolute Gasteiger partial charge is 0.394 e. The van der Waals surface area contributed by atoms with E-state index in [1.165, 1.54) is 14.1 Å². The molecule has 0 aliphatic rings. The van der Waals surface area contributed by atoms with Crippen molar-refractivity contribution in [3.05, 3.63) is 0 Å². The first-order chi connectivity index (χ1) is 8.55. The van der Waals surface area contributed by atoms with Crippen molar-refractivity contribution < 1.29 is 13.5 Å². The number of nitrogens with two attached hydrogens (primary N) is 1. The lowest BCUT2D eigenvalue weighted by molar-refractivity contribution is 0.216. The Bertz CT molecular complexity index is 551. The molecule has 0 radical (unpaired) electrons. The maximum absolute atomic E-state index is 12.3. The van der Waals surface area contributed by atoms with Gasteiger partial charge in [-0.25, -0.2) is 12.7 Å². The Morgan fingerprint density at radius 1 is 1.37 bits per heavy atom. The van der Waals surface area contributed by atoms with Gasteiger partial charge in [0.1, 0.15) is 5.00 Å². The summed E-state index contributed by atoms with van der Waals surface area (Å²) in [4.78, 5) is 1.67. The molecule has 0 saturated heterocycles. The van der Waals surface area contributed by atoms with Crippen LogP contribution in [0.3, 0.4) is 0 Å². The molecule has 1 rings (SSSR count). The molecule has 1 aromatic rings.